The molecule has 90 valence electrons. The second kappa shape index (κ2) is 6.46. The molecule has 1 heterocycles. The van der Waals surface area contributed by atoms with E-state index in [9.17, 15) is 4.79 Å². The molecule has 0 bridgehead atoms. The zero-order valence-corrected chi connectivity index (χ0v) is 9.98. The predicted octanol–water partition coefficient (Wildman–Crippen LogP) is 0.427. The molecule has 1 rings (SSSR count). The van der Waals surface area contributed by atoms with E-state index >= 15 is 0 Å². The lowest BCUT2D eigenvalue weighted by atomic mass is 10.2. The topological polar surface area (TPSA) is 56.6 Å². The maximum atomic E-state index is 11.1. The number of amides is 1. The Kier molecular flexibility index (Phi) is 5.23. The van der Waals surface area contributed by atoms with Gasteiger partial charge in [0.2, 0.25) is 5.91 Å². The molecule has 1 fully saturated rings. The largest absolute Gasteiger partial charge is 0.366 e. The highest BCUT2D eigenvalue weighted by Gasteiger charge is 2.18. The molecule has 5 nitrogen and oxygen atoms in total. The van der Waals surface area contributed by atoms with Gasteiger partial charge in [0.05, 0.1) is 12.8 Å². The number of hydrogen-bond donors (Lipinski definition) is 0. The summed E-state index contributed by atoms with van der Waals surface area (Å²) in [6.07, 6.45) is 1.72. The third-order valence-electron chi connectivity index (χ3n) is 2.87. The van der Waals surface area contributed by atoms with Gasteiger partial charge in [0.15, 0.2) is 0 Å². The molecule has 0 saturated carbocycles. The highest BCUT2D eigenvalue weighted by Crippen LogP contribution is 2.06. The van der Waals surface area contributed by atoms with E-state index < -0.39 is 0 Å². The van der Waals surface area contributed by atoms with Crippen molar-refractivity contribution in [3.05, 3.63) is 0 Å². The average Bonchev–Trinajstić information content (AvgIpc) is 2.30. The minimum atomic E-state index is -0.334. The number of carbonyl (C=O) groups is 1. The Morgan fingerprint density at radius 1 is 1.69 bits per heavy atom. The standard InChI is InChI=1S/C11H19N3O2/c1-10(15)13(2)11(8-12)4-6-14-5-3-7-16-9-14/h11H,3-7,9H2,1-2H3/t11-/m1/s1. The molecule has 0 aromatic carbocycles. The molecule has 0 radical (unpaired) electrons. The van der Waals surface area contributed by atoms with Gasteiger partial charge in [-0.25, -0.2) is 0 Å². The van der Waals surface area contributed by atoms with Gasteiger partial charge in [-0.1, -0.05) is 0 Å². The molecule has 1 saturated heterocycles. The first-order chi connectivity index (χ1) is 7.65. The van der Waals surface area contributed by atoms with Crippen LogP contribution in [0.15, 0.2) is 0 Å². The molecule has 1 aliphatic heterocycles. The van der Waals surface area contributed by atoms with E-state index in [0.717, 1.165) is 26.1 Å². The van der Waals surface area contributed by atoms with E-state index in [0.29, 0.717) is 13.2 Å². The van der Waals surface area contributed by atoms with Crippen LogP contribution in [0.2, 0.25) is 0 Å². The van der Waals surface area contributed by atoms with E-state index in [-0.39, 0.29) is 11.9 Å². The number of rotatable bonds is 4. The zero-order chi connectivity index (χ0) is 12.0. The van der Waals surface area contributed by atoms with Crippen LogP contribution in [-0.2, 0) is 9.53 Å². The summed E-state index contributed by atoms with van der Waals surface area (Å²) < 4.78 is 5.32. The Hall–Kier alpha value is -1.12. The molecule has 0 spiro atoms. The molecule has 0 aromatic heterocycles. The summed E-state index contributed by atoms with van der Waals surface area (Å²) in [6.45, 7) is 4.76. The van der Waals surface area contributed by atoms with E-state index in [4.69, 9.17) is 10.00 Å². The first-order valence-corrected chi connectivity index (χ1v) is 5.58. The molecule has 1 atom stereocenters. The summed E-state index contributed by atoms with van der Waals surface area (Å²) in [5.74, 6) is -0.0681. The summed E-state index contributed by atoms with van der Waals surface area (Å²) in [5, 5.41) is 8.98. The third kappa shape index (κ3) is 3.80. The maximum absolute atomic E-state index is 11.1. The Morgan fingerprint density at radius 2 is 2.44 bits per heavy atom. The number of hydrogen-bond acceptors (Lipinski definition) is 4. The molecule has 5 heteroatoms. The SMILES string of the molecule is CC(=O)N(C)[C@@H](C#N)CCN1CCCOC1. The lowest BCUT2D eigenvalue weighted by molar-refractivity contribution is -0.128. The van der Waals surface area contributed by atoms with Gasteiger partial charge in [-0.3, -0.25) is 9.69 Å². The van der Waals surface area contributed by atoms with Gasteiger partial charge in [-0.2, -0.15) is 5.26 Å². The number of ether oxygens (including phenoxy) is 1. The summed E-state index contributed by atoms with van der Waals surface area (Å²) in [7, 11) is 1.67. The second-order valence-electron chi connectivity index (χ2n) is 4.07. The smallest absolute Gasteiger partial charge is 0.220 e. The van der Waals surface area contributed by atoms with Gasteiger partial charge in [0, 0.05) is 33.7 Å². The van der Waals surface area contributed by atoms with Gasteiger partial charge in [0.25, 0.3) is 0 Å². The van der Waals surface area contributed by atoms with Crippen molar-refractivity contribution < 1.29 is 9.53 Å². The molecule has 0 aliphatic carbocycles. The summed E-state index contributed by atoms with van der Waals surface area (Å²) in [6, 6.07) is 1.83. The fourth-order valence-corrected chi connectivity index (χ4v) is 1.69. The van der Waals surface area contributed by atoms with Gasteiger partial charge in [-0.15, -0.1) is 0 Å². The molecule has 16 heavy (non-hydrogen) atoms. The van der Waals surface area contributed by atoms with Crippen molar-refractivity contribution in [2.75, 3.05) is 33.5 Å². The van der Waals surface area contributed by atoms with Gasteiger partial charge in [0.1, 0.15) is 6.04 Å². The molecule has 0 N–H and O–H groups in total. The van der Waals surface area contributed by atoms with Gasteiger partial charge in [-0.05, 0) is 12.8 Å². The van der Waals surface area contributed by atoms with Crippen molar-refractivity contribution in [2.24, 2.45) is 0 Å². The Balaban J connectivity index is 2.33. The Bertz CT molecular complexity index is 269. The Morgan fingerprint density at radius 3 is 2.94 bits per heavy atom. The molecular weight excluding hydrogens is 206 g/mol. The highest BCUT2D eigenvalue weighted by atomic mass is 16.5. The zero-order valence-electron chi connectivity index (χ0n) is 9.98. The van der Waals surface area contributed by atoms with E-state index in [1.54, 1.807) is 7.05 Å². The van der Waals surface area contributed by atoms with Crippen molar-refractivity contribution in [1.82, 2.24) is 9.80 Å². The molecular formula is C11H19N3O2. The van der Waals surface area contributed by atoms with E-state index in [2.05, 4.69) is 11.0 Å². The fraction of sp³-hybridized carbons (Fsp3) is 0.818. The van der Waals surface area contributed by atoms with Crippen LogP contribution in [0.5, 0.6) is 0 Å². The van der Waals surface area contributed by atoms with Crippen LogP contribution in [-0.4, -0.2) is 55.2 Å². The van der Waals surface area contributed by atoms with Crippen LogP contribution in [0.4, 0.5) is 0 Å². The molecule has 0 aromatic rings. The van der Waals surface area contributed by atoms with Crippen molar-refractivity contribution in [3.8, 4) is 6.07 Å². The van der Waals surface area contributed by atoms with Crippen molar-refractivity contribution in [1.29, 1.82) is 5.26 Å². The van der Waals surface area contributed by atoms with Crippen molar-refractivity contribution in [2.45, 2.75) is 25.8 Å². The number of carbonyl (C=O) groups excluding carboxylic acids is 1. The maximum Gasteiger partial charge on any atom is 0.220 e. The minimum absolute atomic E-state index is 0.0681. The minimum Gasteiger partial charge on any atom is -0.366 e. The van der Waals surface area contributed by atoms with Crippen LogP contribution in [0.1, 0.15) is 19.8 Å². The first kappa shape index (κ1) is 12.9. The normalized spacial score (nSPS) is 18.8. The second-order valence-corrected chi connectivity index (χ2v) is 4.07. The average molecular weight is 225 g/mol. The van der Waals surface area contributed by atoms with Crippen LogP contribution < -0.4 is 0 Å². The van der Waals surface area contributed by atoms with Crippen LogP contribution in [0.3, 0.4) is 0 Å². The lowest BCUT2D eigenvalue weighted by Crippen LogP contribution is -2.39. The van der Waals surface area contributed by atoms with E-state index in [1.165, 1.54) is 11.8 Å². The van der Waals surface area contributed by atoms with Crippen LogP contribution in [0.25, 0.3) is 0 Å². The van der Waals surface area contributed by atoms with E-state index in [1.807, 2.05) is 0 Å². The monoisotopic (exact) mass is 225 g/mol. The summed E-state index contributed by atoms with van der Waals surface area (Å²) in [5.41, 5.74) is 0. The summed E-state index contributed by atoms with van der Waals surface area (Å²) in [4.78, 5) is 14.8. The molecule has 0 unspecified atom stereocenters. The predicted molar refractivity (Wildman–Crippen MR) is 59.5 cm³/mol. The molecule has 1 aliphatic rings. The highest BCUT2D eigenvalue weighted by molar-refractivity contribution is 5.73. The van der Waals surface area contributed by atoms with Gasteiger partial charge < -0.3 is 9.64 Å². The Labute approximate surface area is 96.6 Å². The number of nitriles is 1. The van der Waals surface area contributed by atoms with Crippen LogP contribution in [0, 0.1) is 11.3 Å². The summed E-state index contributed by atoms with van der Waals surface area (Å²) >= 11 is 0. The quantitative estimate of drug-likeness (QED) is 0.696. The first-order valence-electron chi connectivity index (χ1n) is 5.58. The molecule has 1 amide bonds. The third-order valence-corrected chi connectivity index (χ3v) is 2.87. The number of nitrogens with zero attached hydrogens (tertiary/aromatic N) is 3. The van der Waals surface area contributed by atoms with Crippen molar-refractivity contribution in [3.63, 3.8) is 0 Å². The van der Waals surface area contributed by atoms with Crippen LogP contribution >= 0.6 is 0 Å². The van der Waals surface area contributed by atoms with Crippen molar-refractivity contribution >= 4 is 5.91 Å². The fourth-order valence-electron chi connectivity index (χ4n) is 1.69. The lowest BCUT2D eigenvalue weighted by Gasteiger charge is -2.28. The van der Waals surface area contributed by atoms with Gasteiger partial charge >= 0.3 is 0 Å².